The van der Waals surface area contributed by atoms with Gasteiger partial charge in [-0.25, -0.2) is 0 Å². The van der Waals surface area contributed by atoms with Gasteiger partial charge in [0.05, 0.1) is 15.5 Å². The van der Waals surface area contributed by atoms with Crippen molar-refractivity contribution in [3.63, 3.8) is 0 Å². The number of nitro groups is 1. The van der Waals surface area contributed by atoms with Crippen molar-refractivity contribution in [2.75, 3.05) is 0 Å². The van der Waals surface area contributed by atoms with Crippen molar-refractivity contribution in [1.29, 1.82) is 0 Å². The summed E-state index contributed by atoms with van der Waals surface area (Å²) in [5.41, 5.74) is 0.585. The first-order chi connectivity index (χ1) is 8.68. The Kier molecular flexibility index (Phi) is 4.30. The van der Waals surface area contributed by atoms with E-state index in [1.807, 2.05) is 17.5 Å². The highest BCUT2D eigenvalue weighted by molar-refractivity contribution is 7.09. The fraction of sp³-hybridized carbons (Fsp3) is 0.167. The second-order valence-electron chi connectivity index (χ2n) is 3.68. The van der Waals surface area contributed by atoms with E-state index in [9.17, 15) is 10.1 Å². The van der Waals surface area contributed by atoms with Crippen molar-refractivity contribution in [2.45, 2.75) is 13.1 Å². The van der Waals surface area contributed by atoms with Gasteiger partial charge in [0.1, 0.15) is 0 Å². The summed E-state index contributed by atoms with van der Waals surface area (Å²) in [6.07, 6.45) is 0. The van der Waals surface area contributed by atoms with Gasteiger partial charge in [-0.3, -0.25) is 10.1 Å². The molecule has 0 unspecified atom stereocenters. The van der Waals surface area contributed by atoms with Crippen LogP contribution >= 0.6 is 22.9 Å². The number of benzene rings is 1. The summed E-state index contributed by atoms with van der Waals surface area (Å²) in [7, 11) is 0. The Bertz CT molecular complexity index is 543. The molecule has 0 amide bonds. The first kappa shape index (κ1) is 13.0. The molecule has 18 heavy (non-hydrogen) atoms. The molecule has 2 aromatic rings. The third kappa shape index (κ3) is 3.07. The Morgan fingerprint density at radius 3 is 2.78 bits per heavy atom. The van der Waals surface area contributed by atoms with Crippen LogP contribution in [0, 0.1) is 10.1 Å². The van der Waals surface area contributed by atoms with Crippen molar-refractivity contribution >= 4 is 28.6 Å². The van der Waals surface area contributed by atoms with Gasteiger partial charge in [-0.05, 0) is 17.5 Å². The zero-order chi connectivity index (χ0) is 13.0. The molecule has 0 radical (unpaired) electrons. The molecule has 4 nitrogen and oxygen atoms in total. The lowest BCUT2D eigenvalue weighted by Gasteiger charge is -2.06. The topological polar surface area (TPSA) is 55.2 Å². The molecule has 2 rings (SSSR count). The average Bonchev–Trinajstić information content (AvgIpc) is 2.84. The number of nitrogens with one attached hydrogen (secondary N) is 1. The lowest BCUT2D eigenvalue weighted by molar-refractivity contribution is -0.385. The first-order valence-corrected chi connectivity index (χ1v) is 6.59. The Hall–Kier alpha value is -1.43. The molecule has 94 valence electrons. The van der Waals surface area contributed by atoms with Gasteiger partial charge in [-0.2, -0.15) is 0 Å². The molecule has 1 N–H and O–H groups in total. The SMILES string of the molecule is O=[N+]([O-])c1cccc(Cl)c1CNCc1cccs1. The highest BCUT2D eigenvalue weighted by Crippen LogP contribution is 2.26. The maximum atomic E-state index is 10.9. The number of halogens is 1. The van der Waals surface area contributed by atoms with E-state index in [-0.39, 0.29) is 5.69 Å². The van der Waals surface area contributed by atoms with E-state index in [1.165, 1.54) is 10.9 Å². The summed E-state index contributed by atoms with van der Waals surface area (Å²) in [5, 5.41) is 16.5. The molecule has 0 aliphatic rings. The van der Waals surface area contributed by atoms with E-state index in [2.05, 4.69) is 5.32 Å². The average molecular weight is 283 g/mol. The van der Waals surface area contributed by atoms with Crippen molar-refractivity contribution in [3.8, 4) is 0 Å². The van der Waals surface area contributed by atoms with Gasteiger partial charge in [-0.15, -0.1) is 11.3 Å². The molecule has 6 heteroatoms. The molecule has 0 aliphatic carbocycles. The Balaban J connectivity index is 2.06. The van der Waals surface area contributed by atoms with Gasteiger partial charge in [0.25, 0.3) is 5.69 Å². The molecule has 0 saturated heterocycles. The van der Waals surface area contributed by atoms with Crippen LogP contribution in [-0.4, -0.2) is 4.92 Å². The minimum absolute atomic E-state index is 0.0566. The van der Waals surface area contributed by atoms with Crippen molar-refractivity contribution in [1.82, 2.24) is 5.32 Å². The zero-order valence-corrected chi connectivity index (χ0v) is 11.0. The molecule has 0 spiro atoms. The van der Waals surface area contributed by atoms with Crippen LogP contribution in [0.15, 0.2) is 35.7 Å². The largest absolute Gasteiger partial charge is 0.307 e. The van der Waals surface area contributed by atoms with Crippen LogP contribution in [0.1, 0.15) is 10.4 Å². The molecule has 0 saturated carbocycles. The van der Waals surface area contributed by atoms with Crippen LogP contribution in [0.4, 0.5) is 5.69 Å². The van der Waals surface area contributed by atoms with Crippen LogP contribution < -0.4 is 5.32 Å². The third-order valence-corrected chi connectivity index (χ3v) is 3.70. The third-order valence-electron chi connectivity index (χ3n) is 2.47. The monoisotopic (exact) mass is 282 g/mol. The van der Waals surface area contributed by atoms with Crippen LogP contribution in [0.2, 0.25) is 5.02 Å². The van der Waals surface area contributed by atoms with Crippen molar-refractivity contribution in [2.24, 2.45) is 0 Å². The molecule has 0 bridgehead atoms. The number of thiophene rings is 1. The minimum atomic E-state index is -0.409. The standard InChI is InChI=1S/C12H11ClN2O2S/c13-11-4-1-5-12(15(16)17)10(11)8-14-7-9-3-2-6-18-9/h1-6,14H,7-8H2. The number of nitro benzene ring substituents is 1. The number of hydrogen-bond acceptors (Lipinski definition) is 4. The maximum Gasteiger partial charge on any atom is 0.275 e. The van der Waals surface area contributed by atoms with Gasteiger partial charge in [0, 0.05) is 24.0 Å². The van der Waals surface area contributed by atoms with Crippen molar-refractivity contribution in [3.05, 3.63) is 61.3 Å². The normalized spacial score (nSPS) is 10.5. The fourth-order valence-electron chi connectivity index (χ4n) is 1.62. The highest BCUT2D eigenvalue weighted by Gasteiger charge is 2.15. The van der Waals surface area contributed by atoms with E-state index in [0.29, 0.717) is 23.7 Å². The lowest BCUT2D eigenvalue weighted by Crippen LogP contribution is -2.13. The van der Waals surface area contributed by atoms with Gasteiger partial charge in [-0.1, -0.05) is 23.7 Å². The maximum absolute atomic E-state index is 10.9. The summed E-state index contributed by atoms with van der Waals surface area (Å²) < 4.78 is 0. The van der Waals surface area contributed by atoms with Crippen LogP contribution in [0.25, 0.3) is 0 Å². The molecular weight excluding hydrogens is 272 g/mol. The van der Waals surface area contributed by atoms with Crippen LogP contribution in [0.3, 0.4) is 0 Å². The second kappa shape index (κ2) is 5.95. The van der Waals surface area contributed by atoms with E-state index in [0.717, 1.165) is 0 Å². The van der Waals surface area contributed by atoms with E-state index in [4.69, 9.17) is 11.6 Å². The van der Waals surface area contributed by atoms with E-state index < -0.39 is 4.92 Å². The summed E-state index contributed by atoms with van der Waals surface area (Å²) in [6.45, 7) is 1.06. The Morgan fingerprint density at radius 1 is 1.28 bits per heavy atom. The Morgan fingerprint density at radius 2 is 2.11 bits per heavy atom. The highest BCUT2D eigenvalue weighted by atomic mass is 35.5. The predicted molar refractivity (Wildman–Crippen MR) is 73.0 cm³/mol. The summed E-state index contributed by atoms with van der Waals surface area (Å²) in [4.78, 5) is 11.7. The summed E-state index contributed by atoms with van der Waals surface area (Å²) in [5.74, 6) is 0. The molecule has 1 heterocycles. The van der Waals surface area contributed by atoms with Gasteiger partial charge in [0.15, 0.2) is 0 Å². The fourth-order valence-corrected chi connectivity index (χ4v) is 2.53. The Labute approximate surface area is 113 Å². The van der Waals surface area contributed by atoms with Crippen LogP contribution in [-0.2, 0) is 13.1 Å². The quantitative estimate of drug-likeness (QED) is 0.673. The second-order valence-corrected chi connectivity index (χ2v) is 5.12. The summed E-state index contributed by atoms with van der Waals surface area (Å²) >= 11 is 7.64. The minimum Gasteiger partial charge on any atom is -0.307 e. The van der Waals surface area contributed by atoms with Crippen molar-refractivity contribution < 1.29 is 4.92 Å². The van der Waals surface area contributed by atoms with E-state index >= 15 is 0 Å². The number of rotatable bonds is 5. The van der Waals surface area contributed by atoms with Gasteiger partial charge >= 0.3 is 0 Å². The summed E-state index contributed by atoms with van der Waals surface area (Å²) in [6, 6.07) is 8.70. The smallest absolute Gasteiger partial charge is 0.275 e. The molecule has 1 aromatic carbocycles. The molecule has 1 aromatic heterocycles. The first-order valence-electron chi connectivity index (χ1n) is 5.33. The van der Waals surface area contributed by atoms with E-state index in [1.54, 1.807) is 23.5 Å². The molecule has 0 atom stereocenters. The molecule has 0 fully saturated rings. The molecule has 0 aliphatic heterocycles. The van der Waals surface area contributed by atoms with Gasteiger partial charge < -0.3 is 5.32 Å². The number of nitrogens with zero attached hydrogens (tertiary/aromatic N) is 1. The lowest BCUT2D eigenvalue weighted by atomic mass is 10.2. The predicted octanol–water partition coefficient (Wildman–Crippen LogP) is 3.60. The van der Waals surface area contributed by atoms with Crippen LogP contribution in [0.5, 0.6) is 0 Å². The zero-order valence-electron chi connectivity index (χ0n) is 9.43. The number of hydrogen-bond donors (Lipinski definition) is 1. The molecular formula is C12H11ClN2O2S. The van der Waals surface area contributed by atoms with Gasteiger partial charge in [0.2, 0.25) is 0 Å².